The monoisotopic (exact) mass is 267 g/mol. The number of aliphatic hydroxyl groups is 1. The quantitative estimate of drug-likeness (QED) is 0.502. The molecule has 0 rings (SSSR count). The van der Waals surface area contributed by atoms with Crippen molar-refractivity contribution in [2.45, 2.75) is 24.6 Å². The van der Waals surface area contributed by atoms with E-state index in [9.17, 15) is 4.79 Å². The van der Waals surface area contributed by atoms with Gasteiger partial charge in [-0.05, 0) is 12.8 Å². The molecule has 0 saturated carbocycles. The lowest BCUT2D eigenvalue weighted by atomic mass is 10.3. The van der Waals surface area contributed by atoms with Gasteiger partial charge >= 0.3 is 0 Å². The fraction of sp³-hybridized carbons (Fsp3) is 0.889. The van der Waals surface area contributed by atoms with Crippen LogP contribution in [0.1, 0.15) is 19.8 Å². The maximum Gasteiger partial charge on any atom is 0.233 e. The highest BCUT2D eigenvalue weighted by molar-refractivity contribution is 9.10. The normalized spacial score (nSPS) is 12.5. The summed E-state index contributed by atoms with van der Waals surface area (Å²) < 4.78 is 5.04. The number of amides is 1. The maximum absolute atomic E-state index is 11.2. The van der Waals surface area contributed by atoms with Crippen molar-refractivity contribution in [3.63, 3.8) is 0 Å². The molecule has 0 saturated heterocycles. The Kier molecular flexibility index (Phi) is 9.34. The molecule has 0 aliphatic heterocycles. The molecule has 0 aromatic heterocycles. The first-order chi connectivity index (χ1) is 6.72. The molecule has 4 nitrogen and oxygen atoms in total. The van der Waals surface area contributed by atoms with Crippen molar-refractivity contribution >= 4 is 21.8 Å². The molecule has 0 aliphatic carbocycles. The van der Waals surface area contributed by atoms with E-state index in [-0.39, 0.29) is 17.3 Å². The van der Waals surface area contributed by atoms with Crippen molar-refractivity contribution in [3.8, 4) is 0 Å². The number of carbonyl (C=O) groups excluding carboxylic acids is 1. The minimum Gasteiger partial charge on any atom is -0.394 e. The lowest BCUT2D eigenvalue weighted by Gasteiger charge is -2.08. The molecule has 1 amide bonds. The van der Waals surface area contributed by atoms with Gasteiger partial charge in [0.05, 0.1) is 18.0 Å². The van der Waals surface area contributed by atoms with Crippen LogP contribution in [0.5, 0.6) is 0 Å². The molecule has 0 heterocycles. The third kappa shape index (κ3) is 7.29. The predicted molar refractivity (Wildman–Crippen MR) is 58.5 cm³/mol. The largest absolute Gasteiger partial charge is 0.394 e. The van der Waals surface area contributed by atoms with Crippen molar-refractivity contribution < 1.29 is 14.6 Å². The zero-order valence-electron chi connectivity index (χ0n) is 8.46. The van der Waals surface area contributed by atoms with Gasteiger partial charge in [-0.3, -0.25) is 4.79 Å². The van der Waals surface area contributed by atoms with Gasteiger partial charge in [-0.1, -0.05) is 22.9 Å². The molecule has 0 aliphatic rings. The topological polar surface area (TPSA) is 58.6 Å². The van der Waals surface area contributed by atoms with Crippen LogP contribution in [0.25, 0.3) is 0 Å². The molecule has 0 aromatic carbocycles. The molecule has 2 N–H and O–H groups in total. The zero-order chi connectivity index (χ0) is 10.8. The average molecular weight is 268 g/mol. The Labute approximate surface area is 93.1 Å². The fourth-order valence-electron chi connectivity index (χ4n) is 0.849. The molecule has 1 unspecified atom stereocenters. The van der Waals surface area contributed by atoms with Crippen LogP contribution in [0.2, 0.25) is 0 Å². The summed E-state index contributed by atoms with van der Waals surface area (Å²) in [6, 6.07) is 0. The van der Waals surface area contributed by atoms with Gasteiger partial charge in [0.15, 0.2) is 0 Å². The van der Waals surface area contributed by atoms with Crippen LogP contribution < -0.4 is 5.32 Å². The summed E-state index contributed by atoms with van der Waals surface area (Å²) in [5, 5.41) is 11.2. The number of carbonyl (C=O) groups is 1. The van der Waals surface area contributed by atoms with Crippen molar-refractivity contribution in [3.05, 3.63) is 0 Å². The average Bonchev–Trinajstić information content (AvgIpc) is 2.21. The number of halogens is 1. The van der Waals surface area contributed by atoms with Crippen LogP contribution in [0.4, 0.5) is 0 Å². The Morgan fingerprint density at radius 3 is 2.86 bits per heavy atom. The second kappa shape index (κ2) is 9.43. The highest BCUT2D eigenvalue weighted by Crippen LogP contribution is 2.03. The predicted octanol–water partition coefficient (Wildman–Crippen LogP) is 0.675. The van der Waals surface area contributed by atoms with Crippen LogP contribution in [0.3, 0.4) is 0 Å². The standard InChI is InChI=1S/C9H18BrNO3/c1-2-8(10)9(13)11-4-3-6-14-7-5-12/h8,12H,2-7H2,1H3,(H,11,13). The SMILES string of the molecule is CCC(Br)C(=O)NCCCOCCO. The fourth-order valence-corrected chi connectivity index (χ4v) is 1.01. The van der Waals surface area contributed by atoms with E-state index < -0.39 is 0 Å². The number of nitrogens with one attached hydrogen (secondary N) is 1. The summed E-state index contributed by atoms with van der Waals surface area (Å²) in [5.41, 5.74) is 0. The van der Waals surface area contributed by atoms with Crippen molar-refractivity contribution in [2.75, 3.05) is 26.4 Å². The highest BCUT2D eigenvalue weighted by Gasteiger charge is 2.10. The Bertz CT molecular complexity index is 155. The van der Waals surface area contributed by atoms with Gasteiger partial charge in [0, 0.05) is 13.2 Å². The third-order valence-electron chi connectivity index (χ3n) is 1.64. The molecule has 84 valence electrons. The van der Waals surface area contributed by atoms with E-state index in [4.69, 9.17) is 9.84 Å². The van der Waals surface area contributed by atoms with Gasteiger partial charge in [0.1, 0.15) is 0 Å². The Morgan fingerprint density at radius 2 is 2.29 bits per heavy atom. The first-order valence-corrected chi connectivity index (χ1v) is 5.74. The van der Waals surface area contributed by atoms with Crippen molar-refractivity contribution in [2.24, 2.45) is 0 Å². The van der Waals surface area contributed by atoms with E-state index >= 15 is 0 Å². The van der Waals surface area contributed by atoms with E-state index in [0.717, 1.165) is 12.8 Å². The lowest BCUT2D eigenvalue weighted by molar-refractivity contribution is -0.120. The van der Waals surface area contributed by atoms with E-state index in [1.807, 2.05) is 6.92 Å². The zero-order valence-corrected chi connectivity index (χ0v) is 10.0. The number of aliphatic hydroxyl groups excluding tert-OH is 1. The summed E-state index contributed by atoms with van der Waals surface area (Å²) in [4.78, 5) is 11.1. The van der Waals surface area contributed by atoms with E-state index in [1.165, 1.54) is 0 Å². The van der Waals surface area contributed by atoms with Gasteiger partial charge in [0.25, 0.3) is 0 Å². The molecule has 0 bridgehead atoms. The number of alkyl halides is 1. The molecule has 0 radical (unpaired) electrons. The second-order valence-electron chi connectivity index (χ2n) is 2.86. The lowest BCUT2D eigenvalue weighted by Crippen LogP contribution is -2.31. The van der Waals surface area contributed by atoms with Gasteiger partial charge in [0.2, 0.25) is 5.91 Å². The highest BCUT2D eigenvalue weighted by atomic mass is 79.9. The number of hydrogen-bond acceptors (Lipinski definition) is 3. The van der Waals surface area contributed by atoms with Gasteiger partial charge in [-0.15, -0.1) is 0 Å². The summed E-state index contributed by atoms with van der Waals surface area (Å²) in [5.74, 6) is 0.0228. The van der Waals surface area contributed by atoms with Crippen LogP contribution in [0, 0.1) is 0 Å². The molecular formula is C9H18BrNO3. The number of rotatable bonds is 8. The molecule has 14 heavy (non-hydrogen) atoms. The first-order valence-electron chi connectivity index (χ1n) is 4.82. The van der Waals surface area contributed by atoms with Gasteiger partial charge in [-0.25, -0.2) is 0 Å². The maximum atomic E-state index is 11.2. The molecule has 0 aromatic rings. The van der Waals surface area contributed by atoms with E-state index in [2.05, 4.69) is 21.2 Å². The summed E-state index contributed by atoms with van der Waals surface area (Å²) in [6.07, 6.45) is 1.56. The summed E-state index contributed by atoms with van der Waals surface area (Å²) >= 11 is 3.26. The number of ether oxygens (including phenoxy) is 1. The Hall–Kier alpha value is -0.130. The molecular weight excluding hydrogens is 250 g/mol. The van der Waals surface area contributed by atoms with Crippen molar-refractivity contribution in [1.29, 1.82) is 0 Å². The second-order valence-corrected chi connectivity index (χ2v) is 3.96. The molecule has 1 atom stereocenters. The molecule has 0 fully saturated rings. The minimum absolute atomic E-state index is 0.0228. The van der Waals surface area contributed by atoms with Crippen LogP contribution in [-0.4, -0.2) is 42.2 Å². The van der Waals surface area contributed by atoms with E-state index in [0.29, 0.717) is 19.8 Å². The van der Waals surface area contributed by atoms with Crippen LogP contribution in [-0.2, 0) is 9.53 Å². The van der Waals surface area contributed by atoms with Gasteiger partial charge in [-0.2, -0.15) is 0 Å². The van der Waals surface area contributed by atoms with Gasteiger partial charge < -0.3 is 15.2 Å². The summed E-state index contributed by atoms with van der Waals surface area (Å²) in [7, 11) is 0. The van der Waals surface area contributed by atoms with Crippen molar-refractivity contribution in [1.82, 2.24) is 5.32 Å². The third-order valence-corrected chi connectivity index (χ3v) is 2.71. The number of hydrogen-bond donors (Lipinski definition) is 2. The molecule has 5 heteroatoms. The Balaban J connectivity index is 3.23. The Morgan fingerprint density at radius 1 is 1.57 bits per heavy atom. The smallest absolute Gasteiger partial charge is 0.233 e. The van der Waals surface area contributed by atoms with E-state index in [1.54, 1.807) is 0 Å². The molecule has 0 spiro atoms. The first kappa shape index (κ1) is 13.9. The van der Waals surface area contributed by atoms with Crippen LogP contribution >= 0.6 is 15.9 Å². The minimum atomic E-state index is -0.0964. The van der Waals surface area contributed by atoms with Crippen LogP contribution in [0.15, 0.2) is 0 Å². The summed E-state index contributed by atoms with van der Waals surface area (Å²) in [6.45, 7) is 3.55.